The van der Waals surface area contributed by atoms with Gasteiger partial charge in [-0.3, -0.25) is 0 Å². The molecule has 22 heavy (non-hydrogen) atoms. The normalized spacial score (nSPS) is 10.9. The summed E-state index contributed by atoms with van der Waals surface area (Å²) in [6.07, 6.45) is 0. The summed E-state index contributed by atoms with van der Waals surface area (Å²) in [5.74, 6) is -0.723. The average Bonchev–Trinajstić information content (AvgIpc) is 2.48. The molecule has 0 saturated heterocycles. The van der Waals surface area contributed by atoms with E-state index in [0.29, 0.717) is 16.9 Å². The third-order valence-corrected chi connectivity index (χ3v) is 3.72. The van der Waals surface area contributed by atoms with Gasteiger partial charge in [0.15, 0.2) is 0 Å². The Balaban J connectivity index is 2.46. The van der Waals surface area contributed by atoms with Gasteiger partial charge in [-0.15, -0.1) is 5.11 Å². The fourth-order valence-electron chi connectivity index (χ4n) is 2.08. The number of aryl methyl sites for hydroxylation is 1. The summed E-state index contributed by atoms with van der Waals surface area (Å²) < 4.78 is 5.65. The van der Waals surface area contributed by atoms with E-state index in [0.717, 1.165) is 10.0 Å². The number of methoxy groups -OCH3 is 1. The average molecular weight is 363 g/mol. The number of esters is 1. The summed E-state index contributed by atoms with van der Waals surface area (Å²) in [4.78, 5) is 11.8. The second kappa shape index (κ2) is 6.70. The first-order chi connectivity index (χ1) is 10.4. The Bertz CT molecular complexity index is 740. The van der Waals surface area contributed by atoms with Crippen molar-refractivity contribution < 1.29 is 14.6 Å². The largest absolute Gasteiger partial charge is 0.507 e. The number of ether oxygens (including phenoxy) is 1. The van der Waals surface area contributed by atoms with Crippen molar-refractivity contribution in [2.24, 2.45) is 10.2 Å². The highest BCUT2D eigenvalue weighted by molar-refractivity contribution is 9.10. The molecule has 6 heteroatoms. The van der Waals surface area contributed by atoms with Crippen LogP contribution in [-0.2, 0) is 4.74 Å². The van der Waals surface area contributed by atoms with Gasteiger partial charge in [-0.1, -0.05) is 15.9 Å². The van der Waals surface area contributed by atoms with Crippen molar-refractivity contribution >= 4 is 33.3 Å². The highest BCUT2D eigenvalue weighted by atomic mass is 79.9. The van der Waals surface area contributed by atoms with Gasteiger partial charge in [0.05, 0.1) is 18.5 Å². The summed E-state index contributed by atoms with van der Waals surface area (Å²) in [5.41, 5.74) is 2.60. The van der Waals surface area contributed by atoms with Crippen molar-refractivity contribution in [3.05, 3.63) is 51.5 Å². The summed E-state index contributed by atoms with van der Waals surface area (Å²) >= 11 is 3.35. The van der Waals surface area contributed by atoms with E-state index in [-0.39, 0.29) is 11.3 Å². The lowest BCUT2D eigenvalue weighted by molar-refractivity contribution is 0.0596. The predicted octanol–water partition coefficient (Wildman–Crippen LogP) is 4.97. The van der Waals surface area contributed by atoms with Gasteiger partial charge in [-0.25, -0.2) is 4.79 Å². The molecule has 0 aliphatic rings. The molecule has 0 atom stereocenters. The van der Waals surface area contributed by atoms with Crippen molar-refractivity contribution in [1.29, 1.82) is 0 Å². The molecule has 0 radical (unpaired) electrons. The molecule has 5 nitrogen and oxygen atoms in total. The van der Waals surface area contributed by atoms with Crippen LogP contribution in [0.2, 0.25) is 0 Å². The number of benzene rings is 2. The molecule has 114 valence electrons. The lowest BCUT2D eigenvalue weighted by Crippen LogP contribution is -2.05. The summed E-state index contributed by atoms with van der Waals surface area (Å²) in [5, 5.41) is 18.3. The maximum atomic E-state index is 11.8. The third-order valence-electron chi connectivity index (χ3n) is 3.19. The van der Waals surface area contributed by atoms with Gasteiger partial charge in [-0.05, 0) is 55.3 Å². The number of phenolic OH excluding ortho intramolecular Hbond substituents is 1. The monoisotopic (exact) mass is 362 g/mol. The maximum absolute atomic E-state index is 11.8. The second-order valence-corrected chi connectivity index (χ2v) is 5.64. The van der Waals surface area contributed by atoms with E-state index in [1.807, 2.05) is 24.3 Å². The number of phenols is 1. The van der Waals surface area contributed by atoms with Crippen LogP contribution in [-0.4, -0.2) is 18.2 Å². The molecule has 0 unspecified atom stereocenters. The maximum Gasteiger partial charge on any atom is 0.341 e. The van der Waals surface area contributed by atoms with E-state index in [4.69, 9.17) is 4.74 Å². The van der Waals surface area contributed by atoms with Crippen molar-refractivity contribution in [1.82, 2.24) is 0 Å². The Kier molecular flexibility index (Phi) is 4.92. The Labute approximate surface area is 136 Å². The number of halogens is 1. The minimum Gasteiger partial charge on any atom is -0.507 e. The van der Waals surface area contributed by atoms with E-state index in [1.54, 1.807) is 13.8 Å². The minimum absolute atomic E-state index is 0.109. The topological polar surface area (TPSA) is 71.2 Å². The third kappa shape index (κ3) is 3.33. The Morgan fingerprint density at radius 1 is 1.18 bits per heavy atom. The zero-order valence-corrected chi connectivity index (χ0v) is 14.0. The van der Waals surface area contributed by atoms with Gasteiger partial charge < -0.3 is 9.84 Å². The van der Waals surface area contributed by atoms with Crippen LogP contribution in [0.15, 0.2) is 45.0 Å². The van der Waals surface area contributed by atoms with Gasteiger partial charge in [0, 0.05) is 4.47 Å². The molecule has 2 rings (SSSR count). The number of hydrogen-bond donors (Lipinski definition) is 1. The first-order valence-corrected chi connectivity index (χ1v) is 7.32. The molecule has 0 aliphatic heterocycles. The first-order valence-electron chi connectivity index (χ1n) is 6.53. The van der Waals surface area contributed by atoms with Crippen LogP contribution >= 0.6 is 15.9 Å². The molecule has 0 aliphatic carbocycles. The van der Waals surface area contributed by atoms with Crippen LogP contribution in [0, 0.1) is 13.8 Å². The highest BCUT2D eigenvalue weighted by Crippen LogP contribution is 2.34. The molecule has 2 aromatic rings. The van der Waals surface area contributed by atoms with Crippen LogP contribution in [0.1, 0.15) is 21.5 Å². The molecule has 0 heterocycles. The standard InChI is InChI=1S/C16H15BrN2O3/c1-9-8-13(20)14(16(21)22-3)10(2)15(9)19-18-12-6-4-11(17)5-7-12/h4-8,20H,1-3H3. The summed E-state index contributed by atoms with van der Waals surface area (Å²) in [6.45, 7) is 3.50. The highest BCUT2D eigenvalue weighted by Gasteiger charge is 2.19. The molecular weight excluding hydrogens is 348 g/mol. The fourth-order valence-corrected chi connectivity index (χ4v) is 2.35. The van der Waals surface area contributed by atoms with E-state index < -0.39 is 5.97 Å². The van der Waals surface area contributed by atoms with Gasteiger partial charge >= 0.3 is 5.97 Å². The van der Waals surface area contributed by atoms with Crippen molar-refractivity contribution in [2.75, 3.05) is 7.11 Å². The number of rotatable bonds is 3. The SMILES string of the molecule is COC(=O)c1c(O)cc(C)c(N=Nc2ccc(Br)cc2)c1C. The number of carbonyl (C=O) groups excluding carboxylic acids is 1. The number of aromatic hydroxyl groups is 1. The van der Waals surface area contributed by atoms with E-state index in [1.165, 1.54) is 13.2 Å². The van der Waals surface area contributed by atoms with Gasteiger partial charge in [-0.2, -0.15) is 5.11 Å². The van der Waals surface area contributed by atoms with Crippen molar-refractivity contribution in [3.63, 3.8) is 0 Å². The molecule has 0 aromatic heterocycles. The van der Waals surface area contributed by atoms with Crippen molar-refractivity contribution in [3.8, 4) is 5.75 Å². The molecule has 0 fully saturated rings. The van der Waals surface area contributed by atoms with Crippen LogP contribution in [0.4, 0.5) is 11.4 Å². The van der Waals surface area contributed by atoms with Crippen LogP contribution < -0.4 is 0 Å². The van der Waals surface area contributed by atoms with Crippen LogP contribution in [0.5, 0.6) is 5.75 Å². The minimum atomic E-state index is -0.602. The van der Waals surface area contributed by atoms with Gasteiger partial charge in [0.25, 0.3) is 0 Å². The Morgan fingerprint density at radius 3 is 2.41 bits per heavy atom. The quantitative estimate of drug-likeness (QED) is 0.618. The lowest BCUT2D eigenvalue weighted by atomic mass is 10.0. The van der Waals surface area contributed by atoms with Crippen molar-refractivity contribution in [2.45, 2.75) is 13.8 Å². The molecule has 1 N–H and O–H groups in total. The second-order valence-electron chi connectivity index (χ2n) is 4.73. The zero-order chi connectivity index (χ0) is 16.3. The van der Waals surface area contributed by atoms with Gasteiger partial charge in [0.2, 0.25) is 0 Å². The van der Waals surface area contributed by atoms with Crippen LogP contribution in [0.25, 0.3) is 0 Å². The van der Waals surface area contributed by atoms with E-state index in [2.05, 4.69) is 26.2 Å². The Morgan fingerprint density at radius 2 is 1.82 bits per heavy atom. The fraction of sp³-hybridized carbons (Fsp3) is 0.188. The van der Waals surface area contributed by atoms with E-state index in [9.17, 15) is 9.90 Å². The Hall–Kier alpha value is -2.21. The number of azo groups is 1. The summed E-state index contributed by atoms with van der Waals surface area (Å²) in [6, 6.07) is 8.85. The summed E-state index contributed by atoms with van der Waals surface area (Å²) in [7, 11) is 1.27. The molecule has 0 spiro atoms. The first kappa shape index (κ1) is 16.2. The molecule has 0 bridgehead atoms. The number of nitrogens with zero attached hydrogens (tertiary/aromatic N) is 2. The number of carbonyl (C=O) groups is 1. The van der Waals surface area contributed by atoms with E-state index >= 15 is 0 Å². The zero-order valence-electron chi connectivity index (χ0n) is 12.4. The molecule has 0 saturated carbocycles. The smallest absolute Gasteiger partial charge is 0.341 e. The predicted molar refractivity (Wildman–Crippen MR) is 87.2 cm³/mol. The van der Waals surface area contributed by atoms with Gasteiger partial charge in [0.1, 0.15) is 11.3 Å². The van der Waals surface area contributed by atoms with Crippen LogP contribution in [0.3, 0.4) is 0 Å². The molecular formula is C16H15BrN2O3. The number of hydrogen-bond acceptors (Lipinski definition) is 5. The molecule has 2 aromatic carbocycles. The molecule has 0 amide bonds. The lowest BCUT2D eigenvalue weighted by Gasteiger charge is -2.11.